The van der Waals surface area contributed by atoms with Crippen LogP contribution in [0.5, 0.6) is 0 Å². The number of rotatable bonds is 41. The minimum absolute atomic E-state index is 0.0647. The molecule has 0 saturated heterocycles. The van der Waals surface area contributed by atoms with Crippen LogP contribution >= 0.6 is 0 Å². The van der Waals surface area contributed by atoms with Crippen LogP contribution < -0.4 is 0 Å². The maximum atomic E-state index is 12.7. The van der Waals surface area contributed by atoms with Crippen LogP contribution in [0.25, 0.3) is 0 Å². The fourth-order valence-electron chi connectivity index (χ4n) is 6.80. The van der Waals surface area contributed by atoms with Crippen molar-refractivity contribution < 1.29 is 28.6 Å². The molecule has 0 rings (SSSR count). The van der Waals surface area contributed by atoms with E-state index in [1.165, 1.54) is 141 Å². The molecule has 0 saturated carbocycles. The average molecular weight is 737 g/mol. The van der Waals surface area contributed by atoms with Gasteiger partial charge in [-0.1, -0.05) is 214 Å². The summed E-state index contributed by atoms with van der Waals surface area (Å²) in [4.78, 5) is 37.5. The predicted octanol–water partition coefficient (Wildman–Crippen LogP) is 14.3. The molecule has 0 aliphatic heterocycles. The minimum Gasteiger partial charge on any atom is -0.462 e. The van der Waals surface area contributed by atoms with Crippen molar-refractivity contribution in [2.24, 2.45) is 5.92 Å². The van der Waals surface area contributed by atoms with Gasteiger partial charge in [0, 0.05) is 19.3 Å². The fraction of sp³-hybridized carbons (Fsp3) is 0.935. The van der Waals surface area contributed by atoms with E-state index in [1.54, 1.807) is 0 Å². The summed E-state index contributed by atoms with van der Waals surface area (Å²) in [6, 6.07) is 0. The lowest BCUT2D eigenvalue weighted by Crippen LogP contribution is -2.30. The highest BCUT2D eigenvalue weighted by Gasteiger charge is 2.19. The molecule has 0 aliphatic carbocycles. The van der Waals surface area contributed by atoms with E-state index in [2.05, 4.69) is 27.7 Å². The highest BCUT2D eigenvalue weighted by atomic mass is 16.6. The van der Waals surface area contributed by atoms with Gasteiger partial charge in [0.2, 0.25) is 0 Å². The van der Waals surface area contributed by atoms with Gasteiger partial charge in [0.25, 0.3) is 0 Å². The summed E-state index contributed by atoms with van der Waals surface area (Å²) >= 11 is 0. The first-order chi connectivity index (χ1) is 25.4. The van der Waals surface area contributed by atoms with Crippen molar-refractivity contribution in [2.75, 3.05) is 13.2 Å². The molecule has 0 aliphatic rings. The molecule has 0 heterocycles. The normalized spacial score (nSPS) is 11.9. The van der Waals surface area contributed by atoms with E-state index in [0.717, 1.165) is 70.1 Å². The second-order valence-electron chi connectivity index (χ2n) is 16.2. The number of carbonyl (C=O) groups is 3. The minimum atomic E-state index is -0.757. The van der Waals surface area contributed by atoms with Crippen LogP contribution in [0.3, 0.4) is 0 Å². The molecule has 0 fully saturated rings. The number of esters is 3. The number of hydrogen-bond acceptors (Lipinski definition) is 6. The number of unbranched alkanes of at least 4 members (excludes halogenated alkanes) is 28. The lowest BCUT2D eigenvalue weighted by atomic mass is 10.0. The molecule has 0 radical (unpaired) electrons. The van der Waals surface area contributed by atoms with Crippen molar-refractivity contribution in [1.29, 1.82) is 0 Å². The second kappa shape index (κ2) is 40.6. The first-order valence-electron chi connectivity index (χ1n) is 22.9. The molecule has 0 N–H and O–H groups in total. The topological polar surface area (TPSA) is 78.9 Å². The molecule has 0 spiro atoms. The van der Waals surface area contributed by atoms with Crippen LogP contribution in [0.1, 0.15) is 252 Å². The van der Waals surface area contributed by atoms with Crippen LogP contribution in [0, 0.1) is 5.92 Å². The van der Waals surface area contributed by atoms with Crippen molar-refractivity contribution in [1.82, 2.24) is 0 Å². The number of hydrogen-bond donors (Lipinski definition) is 0. The Labute approximate surface area is 323 Å². The van der Waals surface area contributed by atoms with Crippen molar-refractivity contribution in [3.05, 3.63) is 0 Å². The molecule has 6 heteroatoms. The van der Waals surface area contributed by atoms with Crippen molar-refractivity contribution in [3.63, 3.8) is 0 Å². The van der Waals surface area contributed by atoms with Gasteiger partial charge < -0.3 is 14.2 Å². The van der Waals surface area contributed by atoms with Gasteiger partial charge in [0.15, 0.2) is 6.10 Å². The van der Waals surface area contributed by atoms with Gasteiger partial charge in [-0.2, -0.15) is 0 Å². The quantitative estimate of drug-likeness (QED) is 0.0353. The Morgan fingerprint density at radius 2 is 0.635 bits per heavy atom. The predicted molar refractivity (Wildman–Crippen MR) is 220 cm³/mol. The summed E-state index contributed by atoms with van der Waals surface area (Å²) in [5.41, 5.74) is 0. The van der Waals surface area contributed by atoms with E-state index >= 15 is 0 Å². The van der Waals surface area contributed by atoms with E-state index in [-0.39, 0.29) is 31.1 Å². The van der Waals surface area contributed by atoms with Crippen LogP contribution in [-0.2, 0) is 28.6 Å². The summed E-state index contributed by atoms with van der Waals surface area (Å²) in [5, 5.41) is 0. The molecule has 0 unspecified atom stereocenters. The summed E-state index contributed by atoms with van der Waals surface area (Å²) in [5.74, 6) is -0.0331. The van der Waals surface area contributed by atoms with Crippen molar-refractivity contribution in [2.45, 2.75) is 259 Å². The highest BCUT2D eigenvalue weighted by molar-refractivity contribution is 5.71. The van der Waals surface area contributed by atoms with Crippen LogP contribution in [0.15, 0.2) is 0 Å². The van der Waals surface area contributed by atoms with Gasteiger partial charge in [0.05, 0.1) is 0 Å². The molecule has 6 nitrogen and oxygen atoms in total. The average Bonchev–Trinajstić information content (AvgIpc) is 3.12. The van der Waals surface area contributed by atoms with E-state index in [9.17, 15) is 14.4 Å². The second-order valence-corrected chi connectivity index (χ2v) is 16.2. The SMILES string of the molecule is CCCCCCCCCCCCCCCCC(=O)O[C@H](COC(=O)CCCCCCC)COC(=O)CCCCCCCCCCCCCCC(C)C. The van der Waals surface area contributed by atoms with Crippen LogP contribution in [0.2, 0.25) is 0 Å². The van der Waals surface area contributed by atoms with Crippen molar-refractivity contribution in [3.8, 4) is 0 Å². The van der Waals surface area contributed by atoms with E-state index in [1.807, 2.05) is 0 Å². The fourth-order valence-corrected chi connectivity index (χ4v) is 6.80. The summed E-state index contributed by atoms with van der Waals surface area (Å²) in [6.07, 6.45) is 39.7. The Hall–Kier alpha value is -1.59. The third-order valence-corrected chi connectivity index (χ3v) is 10.3. The molecule has 0 amide bonds. The molecule has 0 bridgehead atoms. The molecule has 0 aromatic carbocycles. The van der Waals surface area contributed by atoms with E-state index in [4.69, 9.17) is 14.2 Å². The monoisotopic (exact) mass is 737 g/mol. The van der Waals surface area contributed by atoms with E-state index < -0.39 is 6.10 Å². The molecule has 0 aromatic rings. The molecule has 1 atom stereocenters. The molecular weight excluding hydrogens is 648 g/mol. The number of ether oxygens (including phenoxy) is 3. The van der Waals surface area contributed by atoms with Gasteiger partial charge in [-0.25, -0.2) is 0 Å². The van der Waals surface area contributed by atoms with Gasteiger partial charge >= 0.3 is 17.9 Å². The van der Waals surface area contributed by atoms with Gasteiger partial charge in [-0.3, -0.25) is 14.4 Å². The Morgan fingerprint density at radius 1 is 0.365 bits per heavy atom. The third-order valence-electron chi connectivity index (χ3n) is 10.3. The molecule has 308 valence electrons. The zero-order chi connectivity index (χ0) is 38.2. The Bertz CT molecular complexity index is 781. The van der Waals surface area contributed by atoms with Crippen LogP contribution in [-0.4, -0.2) is 37.2 Å². The Balaban J connectivity index is 4.17. The zero-order valence-corrected chi connectivity index (χ0v) is 35.3. The molecular formula is C46H88O6. The lowest BCUT2D eigenvalue weighted by molar-refractivity contribution is -0.167. The van der Waals surface area contributed by atoms with Gasteiger partial charge in [-0.15, -0.1) is 0 Å². The maximum absolute atomic E-state index is 12.7. The summed E-state index contributed by atoms with van der Waals surface area (Å²) in [7, 11) is 0. The summed E-state index contributed by atoms with van der Waals surface area (Å²) < 4.78 is 16.6. The first kappa shape index (κ1) is 50.4. The third kappa shape index (κ3) is 39.6. The lowest BCUT2D eigenvalue weighted by Gasteiger charge is -2.18. The van der Waals surface area contributed by atoms with Crippen LogP contribution in [0.4, 0.5) is 0 Å². The van der Waals surface area contributed by atoms with E-state index in [0.29, 0.717) is 19.3 Å². The Kier molecular flexibility index (Phi) is 39.4. The molecule has 0 aromatic heterocycles. The summed E-state index contributed by atoms with van der Waals surface area (Å²) in [6.45, 7) is 8.92. The highest BCUT2D eigenvalue weighted by Crippen LogP contribution is 2.16. The largest absolute Gasteiger partial charge is 0.462 e. The van der Waals surface area contributed by atoms with Gasteiger partial charge in [0.1, 0.15) is 13.2 Å². The zero-order valence-electron chi connectivity index (χ0n) is 35.3. The smallest absolute Gasteiger partial charge is 0.306 e. The van der Waals surface area contributed by atoms with Crippen molar-refractivity contribution >= 4 is 17.9 Å². The molecule has 52 heavy (non-hydrogen) atoms. The Morgan fingerprint density at radius 3 is 0.942 bits per heavy atom. The van der Waals surface area contributed by atoms with Gasteiger partial charge in [-0.05, 0) is 25.2 Å². The number of carbonyl (C=O) groups excluding carboxylic acids is 3. The maximum Gasteiger partial charge on any atom is 0.306 e. The first-order valence-corrected chi connectivity index (χ1v) is 22.9. The standard InChI is InChI=1S/C46H88O6/c1-5-7-9-11-12-13-14-15-16-21-24-27-31-35-39-46(49)52-43(40-50-44(47)37-33-28-10-8-6-2)41-51-45(48)38-34-30-26-23-20-18-17-19-22-25-29-32-36-42(3)4/h42-43H,5-41H2,1-4H3/t43-/m1/s1.